The van der Waals surface area contributed by atoms with E-state index >= 15 is 0 Å². The Kier molecular flexibility index (Phi) is 1.96. The molecule has 3 N–H and O–H groups in total. The molecule has 0 aliphatic carbocycles. The van der Waals surface area contributed by atoms with Crippen molar-refractivity contribution >= 4 is 27.1 Å². The summed E-state index contributed by atoms with van der Waals surface area (Å²) >= 11 is 0. The average Bonchev–Trinajstić information content (AvgIpc) is 2.48. The smallest absolute Gasteiger partial charge is 0.307 e. The van der Waals surface area contributed by atoms with Gasteiger partial charge in [-0.05, 0) is 0 Å². The van der Waals surface area contributed by atoms with Crippen LogP contribution in [-0.4, -0.2) is 34.8 Å². The largest absolute Gasteiger partial charge is 0.368 e. The Hall–Kier alpha value is -1.90. The topological polar surface area (TPSA) is 124 Å². The normalized spacial score (nSPS) is 11.8. The van der Waals surface area contributed by atoms with Crippen LogP contribution in [0.1, 0.15) is 0 Å². The van der Waals surface area contributed by atoms with Crippen molar-refractivity contribution in [3.63, 3.8) is 0 Å². The van der Waals surface area contributed by atoms with Gasteiger partial charge < -0.3 is 9.92 Å². The van der Waals surface area contributed by atoms with Gasteiger partial charge in [-0.1, -0.05) is 0 Å². The quantitative estimate of drug-likeness (QED) is 0.650. The van der Waals surface area contributed by atoms with Gasteiger partial charge in [-0.3, -0.25) is 5.10 Å². The highest BCUT2D eigenvalue weighted by Gasteiger charge is 2.13. The van der Waals surface area contributed by atoms with E-state index in [9.17, 15) is 8.42 Å². The van der Waals surface area contributed by atoms with Gasteiger partial charge in [0.15, 0.2) is 0 Å². The number of H-pyrrole nitrogens is 1. The van der Waals surface area contributed by atoms with Crippen molar-refractivity contribution in [2.24, 2.45) is 0 Å². The van der Waals surface area contributed by atoms with Gasteiger partial charge in [0.2, 0.25) is 5.95 Å². The monoisotopic (exact) mass is 229 g/mol. The molecule has 2 aromatic rings. The zero-order valence-corrected chi connectivity index (χ0v) is 8.45. The van der Waals surface area contributed by atoms with Crippen LogP contribution in [0.4, 0.5) is 5.95 Å². The van der Waals surface area contributed by atoms with Gasteiger partial charge in [-0.25, -0.2) is 4.98 Å². The Bertz CT molecular complexity index is 604. The summed E-state index contributed by atoms with van der Waals surface area (Å²) in [7, 11) is -3.66. The summed E-state index contributed by atoms with van der Waals surface area (Å²) in [6.45, 7) is 0. The van der Waals surface area contributed by atoms with E-state index < -0.39 is 10.1 Å². The second-order valence-electron chi connectivity index (χ2n) is 2.80. The van der Waals surface area contributed by atoms with E-state index in [4.69, 9.17) is 5.73 Å². The van der Waals surface area contributed by atoms with E-state index in [-0.39, 0.29) is 17.3 Å². The number of aromatic nitrogens is 4. The molecular weight excluding hydrogens is 222 g/mol. The molecule has 0 fully saturated rings. The second-order valence-corrected chi connectivity index (χ2v) is 4.38. The molecule has 0 saturated heterocycles. The summed E-state index contributed by atoms with van der Waals surface area (Å²) in [6.07, 6.45) is 2.30. The van der Waals surface area contributed by atoms with Gasteiger partial charge in [0.05, 0.1) is 12.5 Å². The van der Waals surface area contributed by atoms with Gasteiger partial charge in [-0.15, -0.1) is 0 Å². The maximum atomic E-state index is 10.9. The zero-order valence-electron chi connectivity index (χ0n) is 7.63. The summed E-state index contributed by atoms with van der Waals surface area (Å²) in [5.41, 5.74) is 6.04. The number of aromatic amines is 1. The molecule has 80 valence electrons. The number of hydrogen-bond donors (Lipinski definition) is 2. The standard InChI is InChI=1S/C6H7N5O3S/c1-15(12,13)14-5-4-3(2-8-11-4)9-6(7)10-5/h2H,1H3,(H,8,11)(H2,7,9,10). The van der Waals surface area contributed by atoms with Crippen LogP contribution < -0.4 is 9.92 Å². The third-order valence-electron chi connectivity index (χ3n) is 1.51. The van der Waals surface area contributed by atoms with Crippen LogP contribution in [-0.2, 0) is 10.1 Å². The first-order chi connectivity index (χ1) is 6.96. The van der Waals surface area contributed by atoms with Crippen molar-refractivity contribution in [2.75, 3.05) is 12.0 Å². The Labute approximate surface area is 84.6 Å². The molecule has 0 aliphatic rings. The number of rotatable bonds is 2. The molecule has 0 radical (unpaired) electrons. The minimum atomic E-state index is -3.66. The van der Waals surface area contributed by atoms with Crippen LogP contribution in [0.3, 0.4) is 0 Å². The average molecular weight is 229 g/mol. The molecule has 0 aromatic carbocycles. The number of nitrogens with zero attached hydrogens (tertiary/aromatic N) is 3. The Morgan fingerprint density at radius 2 is 2.20 bits per heavy atom. The molecule has 0 aliphatic heterocycles. The summed E-state index contributed by atoms with van der Waals surface area (Å²) in [6, 6.07) is 0. The minimum Gasteiger partial charge on any atom is -0.368 e. The lowest BCUT2D eigenvalue weighted by atomic mass is 10.4. The first-order valence-electron chi connectivity index (χ1n) is 3.82. The molecular formula is C6H7N5O3S. The van der Waals surface area contributed by atoms with Crippen LogP contribution in [0.25, 0.3) is 11.0 Å². The molecule has 0 amide bonds. The molecule has 0 unspecified atom stereocenters. The predicted octanol–water partition coefficient (Wildman–Crippen LogP) is -0.727. The van der Waals surface area contributed by atoms with Crippen molar-refractivity contribution in [2.45, 2.75) is 0 Å². The van der Waals surface area contributed by atoms with E-state index in [0.717, 1.165) is 6.26 Å². The number of nitrogens with two attached hydrogens (primary N) is 1. The van der Waals surface area contributed by atoms with Crippen molar-refractivity contribution in [3.05, 3.63) is 6.20 Å². The second kappa shape index (κ2) is 3.05. The van der Waals surface area contributed by atoms with Crippen LogP contribution in [0.5, 0.6) is 5.88 Å². The van der Waals surface area contributed by atoms with Gasteiger partial charge >= 0.3 is 10.1 Å². The molecule has 2 heterocycles. The highest BCUT2D eigenvalue weighted by atomic mass is 32.2. The molecule has 9 heteroatoms. The fraction of sp³-hybridized carbons (Fsp3) is 0.167. The first kappa shape index (κ1) is 9.65. The molecule has 0 saturated carbocycles. The summed E-state index contributed by atoms with van der Waals surface area (Å²) in [5.74, 6) is -0.236. The number of nitrogens with one attached hydrogen (secondary N) is 1. The zero-order chi connectivity index (χ0) is 11.1. The SMILES string of the molecule is CS(=O)(=O)Oc1nc(N)nc2cn[nH]c12. The van der Waals surface area contributed by atoms with Crippen LogP contribution in [0.15, 0.2) is 6.20 Å². The maximum absolute atomic E-state index is 10.9. The summed E-state index contributed by atoms with van der Waals surface area (Å²) in [5, 5.41) is 6.19. The molecule has 8 nitrogen and oxygen atoms in total. The van der Waals surface area contributed by atoms with Crippen molar-refractivity contribution < 1.29 is 12.6 Å². The molecule has 2 rings (SSSR count). The number of nitrogen functional groups attached to an aromatic ring is 1. The Morgan fingerprint density at radius 1 is 1.47 bits per heavy atom. The highest BCUT2D eigenvalue weighted by molar-refractivity contribution is 7.86. The lowest BCUT2D eigenvalue weighted by Crippen LogP contribution is -2.09. The Morgan fingerprint density at radius 3 is 2.87 bits per heavy atom. The molecule has 0 bridgehead atoms. The third-order valence-corrected chi connectivity index (χ3v) is 1.98. The summed E-state index contributed by atoms with van der Waals surface area (Å²) < 4.78 is 26.5. The fourth-order valence-electron chi connectivity index (χ4n) is 1.03. The van der Waals surface area contributed by atoms with E-state index in [1.54, 1.807) is 0 Å². The first-order valence-corrected chi connectivity index (χ1v) is 5.63. The number of fused-ring (bicyclic) bond motifs is 1. The van der Waals surface area contributed by atoms with Gasteiger partial charge in [0.1, 0.15) is 11.0 Å². The third kappa shape index (κ3) is 1.96. The lowest BCUT2D eigenvalue weighted by Gasteiger charge is -2.02. The van der Waals surface area contributed by atoms with E-state index in [1.807, 2.05) is 0 Å². The van der Waals surface area contributed by atoms with Crippen LogP contribution in [0, 0.1) is 0 Å². The number of hydrogen-bond acceptors (Lipinski definition) is 7. The van der Waals surface area contributed by atoms with Crippen LogP contribution >= 0.6 is 0 Å². The van der Waals surface area contributed by atoms with E-state index in [2.05, 4.69) is 24.3 Å². The molecule has 0 spiro atoms. The lowest BCUT2D eigenvalue weighted by molar-refractivity contribution is 0.485. The van der Waals surface area contributed by atoms with Gasteiger partial charge in [0, 0.05) is 0 Å². The maximum Gasteiger partial charge on any atom is 0.307 e. The van der Waals surface area contributed by atoms with Crippen LogP contribution in [0.2, 0.25) is 0 Å². The van der Waals surface area contributed by atoms with Gasteiger partial charge in [0.25, 0.3) is 5.88 Å². The number of anilines is 1. The van der Waals surface area contributed by atoms with E-state index in [1.165, 1.54) is 6.20 Å². The Balaban J connectivity index is 2.63. The summed E-state index contributed by atoms with van der Waals surface area (Å²) in [4.78, 5) is 7.48. The van der Waals surface area contributed by atoms with Crippen molar-refractivity contribution in [1.82, 2.24) is 20.2 Å². The molecule has 15 heavy (non-hydrogen) atoms. The molecule has 0 atom stereocenters. The van der Waals surface area contributed by atoms with Crippen molar-refractivity contribution in [3.8, 4) is 5.88 Å². The highest BCUT2D eigenvalue weighted by Crippen LogP contribution is 2.21. The van der Waals surface area contributed by atoms with Gasteiger partial charge in [-0.2, -0.15) is 18.5 Å². The molecule has 2 aromatic heterocycles. The van der Waals surface area contributed by atoms with Crippen molar-refractivity contribution in [1.29, 1.82) is 0 Å². The van der Waals surface area contributed by atoms with E-state index in [0.29, 0.717) is 5.52 Å². The fourth-order valence-corrected chi connectivity index (χ4v) is 1.44. The minimum absolute atomic E-state index is 0.0810. The predicted molar refractivity (Wildman–Crippen MR) is 51.6 cm³/mol.